The summed E-state index contributed by atoms with van der Waals surface area (Å²) in [6.07, 6.45) is 6.82. The van der Waals surface area contributed by atoms with Crippen LogP contribution in [0.5, 0.6) is 5.88 Å². The van der Waals surface area contributed by atoms with Crippen LogP contribution in [-0.2, 0) is 0 Å². The molecule has 1 saturated carbocycles. The summed E-state index contributed by atoms with van der Waals surface area (Å²) in [5.74, 6) is 2.53. The van der Waals surface area contributed by atoms with Crippen LogP contribution in [0.4, 0.5) is 5.82 Å². The van der Waals surface area contributed by atoms with Gasteiger partial charge < -0.3 is 15.0 Å². The molecule has 1 aromatic rings. The van der Waals surface area contributed by atoms with Crippen molar-refractivity contribution in [1.29, 1.82) is 0 Å². The Morgan fingerprint density at radius 1 is 1.33 bits per heavy atom. The molecule has 3 rings (SSSR count). The number of anilines is 1. The smallest absolute Gasteiger partial charge is 0.221 e. The molecule has 1 aromatic heterocycles. The van der Waals surface area contributed by atoms with E-state index in [0.29, 0.717) is 12.6 Å². The molecule has 21 heavy (non-hydrogen) atoms. The van der Waals surface area contributed by atoms with Crippen molar-refractivity contribution in [3.8, 4) is 5.88 Å². The molecule has 0 bridgehead atoms. The SMILES string of the molecule is CCOc1ncnc(N(CC2CCCNC2)C2CC2)c1C. The van der Waals surface area contributed by atoms with Crippen molar-refractivity contribution in [2.45, 2.75) is 45.6 Å². The third-order valence-corrected chi connectivity index (χ3v) is 4.41. The Kier molecular flexibility index (Phi) is 4.58. The fourth-order valence-electron chi connectivity index (χ4n) is 3.15. The molecule has 2 heterocycles. The van der Waals surface area contributed by atoms with Crippen LogP contribution in [0.15, 0.2) is 6.33 Å². The van der Waals surface area contributed by atoms with Gasteiger partial charge in [-0.2, -0.15) is 0 Å². The lowest BCUT2D eigenvalue weighted by atomic mass is 9.99. The maximum absolute atomic E-state index is 5.63. The van der Waals surface area contributed by atoms with Gasteiger partial charge in [0.05, 0.1) is 12.2 Å². The van der Waals surface area contributed by atoms with E-state index in [2.05, 4.69) is 27.1 Å². The topological polar surface area (TPSA) is 50.3 Å². The number of aromatic nitrogens is 2. The van der Waals surface area contributed by atoms with E-state index in [9.17, 15) is 0 Å². The molecule has 1 aliphatic carbocycles. The van der Waals surface area contributed by atoms with Crippen molar-refractivity contribution in [2.75, 3.05) is 31.1 Å². The zero-order valence-corrected chi connectivity index (χ0v) is 13.1. The van der Waals surface area contributed by atoms with Crippen molar-refractivity contribution in [3.05, 3.63) is 11.9 Å². The first-order valence-electron chi connectivity index (χ1n) is 8.21. The Hall–Kier alpha value is -1.36. The summed E-state index contributed by atoms with van der Waals surface area (Å²) in [5.41, 5.74) is 1.08. The fourth-order valence-corrected chi connectivity index (χ4v) is 3.15. The lowest BCUT2D eigenvalue weighted by Gasteiger charge is -2.32. The van der Waals surface area contributed by atoms with Gasteiger partial charge in [-0.25, -0.2) is 9.97 Å². The molecule has 0 amide bonds. The highest BCUT2D eigenvalue weighted by Crippen LogP contribution is 2.35. The van der Waals surface area contributed by atoms with Crippen LogP contribution < -0.4 is 15.0 Å². The minimum Gasteiger partial charge on any atom is -0.478 e. The van der Waals surface area contributed by atoms with Crippen molar-refractivity contribution in [2.24, 2.45) is 5.92 Å². The largest absolute Gasteiger partial charge is 0.478 e. The maximum Gasteiger partial charge on any atom is 0.221 e. The predicted molar refractivity (Wildman–Crippen MR) is 83.9 cm³/mol. The summed E-state index contributed by atoms with van der Waals surface area (Å²) in [7, 11) is 0. The zero-order chi connectivity index (χ0) is 14.7. The van der Waals surface area contributed by atoms with Crippen LogP contribution in [0.25, 0.3) is 0 Å². The van der Waals surface area contributed by atoms with Gasteiger partial charge in [-0.1, -0.05) is 0 Å². The summed E-state index contributed by atoms with van der Waals surface area (Å²) in [6, 6.07) is 0.662. The van der Waals surface area contributed by atoms with E-state index >= 15 is 0 Å². The molecular weight excluding hydrogens is 264 g/mol. The van der Waals surface area contributed by atoms with Crippen LogP contribution in [0.1, 0.15) is 38.2 Å². The minimum atomic E-state index is 0.646. The molecule has 1 saturated heterocycles. The Labute approximate surface area is 127 Å². The van der Waals surface area contributed by atoms with Gasteiger partial charge in [-0.15, -0.1) is 0 Å². The van der Waals surface area contributed by atoms with E-state index < -0.39 is 0 Å². The monoisotopic (exact) mass is 290 g/mol. The van der Waals surface area contributed by atoms with Crippen LogP contribution >= 0.6 is 0 Å². The molecule has 1 aliphatic heterocycles. The van der Waals surface area contributed by atoms with Gasteiger partial charge >= 0.3 is 0 Å². The normalized spacial score (nSPS) is 22.1. The molecule has 5 heteroatoms. The molecule has 2 aliphatic rings. The zero-order valence-electron chi connectivity index (χ0n) is 13.1. The maximum atomic E-state index is 5.63. The Bertz CT molecular complexity index is 469. The Balaban J connectivity index is 1.78. The van der Waals surface area contributed by atoms with Crippen molar-refractivity contribution in [1.82, 2.24) is 15.3 Å². The van der Waals surface area contributed by atoms with Crippen LogP contribution in [0.3, 0.4) is 0 Å². The standard InChI is InChI=1S/C16H26N4O/c1-3-21-16-12(2)15(18-11-19-16)20(14-6-7-14)10-13-5-4-8-17-9-13/h11,13-14,17H,3-10H2,1-2H3. The average Bonchev–Trinajstić information content (AvgIpc) is 3.33. The van der Waals surface area contributed by atoms with E-state index in [1.165, 1.54) is 32.2 Å². The average molecular weight is 290 g/mol. The molecule has 2 fully saturated rings. The number of nitrogens with one attached hydrogen (secondary N) is 1. The van der Waals surface area contributed by atoms with E-state index in [0.717, 1.165) is 36.3 Å². The number of rotatable bonds is 6. The number of hydrogen-bond acceptors (Lipinski definition) is 5. The fraction of sp³-hybridized carbons (Fsp3) is 0.750. The lowest BCUT2D eigenvalue weighted by Crippen LogP contribution is -2.40. The highest BCUT2D eigenvalue weighted by molar-refractivity contribution is 5.52. The first kappa shape index (κ1) is 14.6. The molecule has 0 spiro atoms. The molecule has 1 N–H and O–H groups in total. The quantitative estimate of drug-likeness (QED) is 0.870. The van der Waals surface area contributed by atoms with Gasteiger partial charge in [0.2, 0.25) is 5.88 Å². The number of nitrogens with zero attached hydrogens (tertiary/aromatic N) is 3. The lowest BCUT2D eigenvalue weighted by molar-refractivity contribution is 0.323. The number of piperidine rings is 1. The van der Waals surface area contributed by atoms with E-state index in [1.54, 1.807) is 6.33 Å². The first-order valence-corrected chi connectivity index (χ1v) is 8.21. The minimum absolute atomic E-state index is 0.646. The molecule has 1 atom stereocenters. The van der Waals surface area contributed by atoms with Crippen LogP contribution in [0, 0.1) is 12.8 Å². The van der Waals surface area contributed by atoms with Crippen molar-refractivity contribution >= 4 is 5.82 Å². The number of hydrogen-bond donors (Lipinski definition) is 1. The van der Waals surface area contributed by atoms with Gasteiger partial charge in [0.15, 0.2) is 0 Å². The molecular formula is C16H26N4O. The number of ether oxygens (including phenoxy) is 1. The highest BCUT2D eigenvalue weighted by atomic mass is 16.5. The third kappa shape index (κ3) is 3.46. The van der Waals surface area contributed by atoms with Gasteiger partial charge in [-0.3, -0.25) is 0 Å². The first-order chi connectivity index (χ1) is 10.3. The van der Waals surface area contributed by atoms with Crippen molar-refractivity contribution < 1.29 is 4.74 Å². The molecule has 1 unspecified atom stereocenters. The third-order valence-electron chi connectivity index (χ3n) is 4.41. The van der Waals surface area contributed by atoms with E-state index in [-0.39, 0.29) is 0 Å². The summed E-state index contributed by atoms with van der Waals surface area (Å²) in [6.45, 7) is 8.11. The summed E-state index contributed by atoms with van der Waals surface area (Å²) >= 11 is 0. The second-order valence-corrected chi connectivity index (χ2v) is 6.16. The van der Waals surface area contributed by atoms with E-state index in [1.807, 2.05) is 6.92 Å². The molecule has 5 nitrogen and oxygen atoms in total. The van der Waals surface area contributed by atoms with E-state index in [4.69, 9.17) is 4.74 Å². The summed E-state index contributed by atoms with van der Waals surface area (Å²) in [4.78, 5) is 11.3. The predicted octanol–water partition coefficient (Wildman–Crippen LogP) is 2.15. The van der Waals surface area contributed by atoms with Gasteiger partial charge in [0, 0.05) is 12.6 Å². The molecule has 0 aromatic carbocycles. The summed E-state index contributed by atoms with van der Waals surface area (Å²) in [5, 5.41) is 3.51. The van der Waals surface area contributed by atoms with Gasteiger partial charge in [0.1, 0.15) is 12.1 Å². The van der Waals surface area contributed by atoms with Crippen LogP contribution in [0.2, 0.25) is 0 Å². The second kappa shape index (κ2) is 6.60. The van der Waals surface area contributed by atoms with Crippen molar-refractivity contribution in [3.63, 3.8) is 0 Å². The van der Waals surface area contributed by atoms with Gasteiger partial charge in [0.25, 0.3) is 0 Å². The Morgan fingerprint density at radius 3 is 2.86 bits per heavy atom. The highest BCUT2D eigenvalue weighted by Gasteiger charge is 2.33. The summed E-state index contributed by atoms with van der Waals surface area (Å²) < 4.78 is 5.63. The molecule has 116 valence electrons. The second-order valence-electron chi connectivity index (χ2n) is 6.16. The Morgan fingerprint density at radius 2 is 2.19 bits per heavy atom. The van der Waals surface area contributed by atoms with Crippen LogP contribution in [-0.4, -0.2) is 42.3 Å². The molecule has 0 radical (unpaired) electrons. The van der Waals surface area contributed by atoms with Gasteiger partial charge in [-0.05, 0) is 58.5 Å².